The van der Waals surface area contributed by atoms with Crippen molar-refractivity contribution in [3.8, 4) is 0 Å². The SMILES string of the molecule is Cc1cccnc1NC(=O)C(=O)CC(=O)c1ccc(F)cc1.Cc1cncc(NC(=O)C(=O)CC(=O)c2ccc(F)cc2)c1.Cc1nc(NC(=O)C(=O)CC(=O)c2ccc(F)cc2)no1.O=C(CC(=O)c1ccc(F)cc1)C(=O)NC1=NCN=N1.O=C(CC(=O)c1ccc(F)cc1)C(=O)NCc1ccccc1.O=C(CC(=O)c1ccc(F)cc1)C(=O)NCc1ccncc1.O=C(CC(=O)c1ccc(F)cc1)C(=O)Nc1nccs1. The monoisotopic (exact) mass is 2060 g/mol. The number of hydrogen-bond donors (Lipinski definition) is 7. The van der Waals surface area contributed by atoms with E-state index in [0.29, 0.717) is 11.3 Å². The molecule has 0 aliphatic carbocycles. The molecule has 0 spiro atoms. The highest BCUT2D eigenvalue weighted by atomic mass is 32.1. The first-order valence-corrected chi connectivity index (χ1v) is 44.2. The molecule has 13 aromatic rings. The Labute approximate surface area is 842 Å². The van der Waals surface area contributed by atoms with Crippen molar-refractivity contribution in [3.63, 3.8) is 0 Å². The zero-order chi connectivity index (χ0) is 109. The Kier molecular flexibility index (Phi) is 45.2. The number of halogens is 7. The van der Waals surface area contributed by atoms with Gasteiger partial charge in [0.15, 0.2) is 52.3 Å². The summed E-state index contributed by atoms with van der Waals surface area (Å²) in [6, 6.07) is 51.0. The third-order valence-corrected chi connectivity index (χ3v) is 19.8. The molecule has 8 aromatic carbocycles. The van der Waals surface area contributed by atoms with Gasteiger partial charge in [-0.25, -0.2) is 45.7 Å². The van der Waals surface area contributed by atoms with E-state index in [9.17, 15) is 131 Å². The van der Waals surface area contributed by atoms with Crippen LogP contribution in [0.4, 0.5) is 53.3 Å². The standard InChI is InChI=1S/C17H14FNO3.3C16H13FN2O3.C13H10FN3O4.C13H9FN2O3S.C12H9FN4O3/c18-14-8-6-13(7-9-14)15(20)10-16(21)17(22)19-11-12-4-2-1-3-5-12;1-10-6-13(9-18-8-10)19-16(22)15(21)7-14(20)11-2-4-12(17)5-3-11;1-10-3-2-8-18-15(10)19-16(22)14(21)9-13(20)11-4-6-12(17)7-5-11;17-13-3-1-12(2-4-13)14(20)9-15(21)16(22)19-10-11-5-7-18-8-6-11;1-7-15-13(17-21-7)16-12(20)11(19)6-10(18)8-2-4-9(14)5-3-8;14-9-3-1-8(2-4-9)10(17)7-11(18)12(19)16-13-15-5-6-20-13;13-8-3-1-7(2-4-8)9(18)5-10(19)11(20)16-12-14-6-15-17-12/h1-9H,10-11H2,(H,19,22);2-6,8-9H,7H2,1H3,(H,19,22);2-8H,9H2,1H3,(H,18,19,22);1-8H,9-10H2,(H,19,22);2-5H,6H2,1H3,(H,16,17,20);1-6H,7H2,(H,15,16,19);1-4H,5-6H2,(H,14,16,20). The number of thiazole rings is 1. The molecule has 38 nitrogen and oxygen atoms in total. The smallest absolute Gasteiger partial charge is 0.294 e. The van der Waals surface area contributed by atoms with Crippen molar-refractivity contribution >= 4 is 162 Å². The third-order valence-electron chi connectivity index (χ3n) is 19.1. The van der Waals surface area contributed by atoms with Crippen molar-refractivity contribution in [1.82, 2.24) is 46.0 Å². The summed E-state index contributed by atoms with van der Waals surface area (Å²) >= 11 is 1.16. The number of azo groups is 1. The van der Waals surface area contributed by atoms with E-state index in [0.717, 1.165) is 113 Å². The highest BCUT2D eigenvalue weighted by molar-refractivity contribution is 7.13. The molecule has 0 atom stereocenters. The number of nitrogens with one attached hydrogen (secondary N) is 7. The van der Waals surface area contributed by atoms with E-state index in [1.165, 1.54) is 110 Å². The summed E-state index contributed by atoms with van der Waals surface area (Å²) in [5.74, 6) is -19.4. The zero-order valence-corrected chi connectivity index (χ0v) is 78.9. The number of Topliss-reactive ketones (excluding diaryl/α,β-unsaturated/α-hetero) is 14. The lowest BCUT2D eigenvalue weighted by atomic mass is 10.1. The molecule has 7 N–H and O–H groups in total. The van der Waals surface area contributed by atoms with Gasteiger partial charge in [0.2, 0.25) is 52.3 Å². The number of rotatable bonds is 36. The summed E-state index contributed by atoms with van der Waals surface area (Å²) in [6.45, 7) is 5.54. The highest BCUT2D eigenvalue weighted by Crippen LogP contribution is 2.19. The van der Waals surface area contributed by atoms with Gasteiger partial charge in [-0.1, -0.05) is 36.4 Å². The van der Waals surface area contributed by atoms with Gasteiger partial charge in [0.1, 0.15) is 46.5 Å². The van der Waals surface area contributed by atoms with Gasteiger partial charge in [-0.3, -0.25) is 127 Å². The molecule has 760 valence electrons. The second-order valence-corrected chi connectivity index (χ2v) is 31.3. The van der Waals surface area contributed by atoms with Crippen LogP contribution in [-0.4, -0.2) is 165 Å². The van der Waals surface area contributed by atoms with Crippen molar-refractivity contribution in [2.75, 3.05) is 27.9 Å². The first-order valence-electron chi connectivity index (χ1n) is 43.3. The number of benzene rings is 8. The second-order valence-electron chi connectivity index (χ2n) is 30.4. The minimum atomic E-state index is -1.02. The Bertz CT molecular complexity index is 7040. The molecule has 46 heteroatoms. The normalized spacial score (nSPS) is 10.5. The fraction of sp³-hybridized carbons (Fsp3) is 0.126. The van der Waals surface area contributed by atoms with Gasteiger partial charge < -0.3 is 25.8 Å². The van der Waals surface area contributed by atoms with Crippen molar-refractivity contribution in [2.24, 2.45) is 15.2 Å². The molecule has 0 unspecified atom stereocenters. The van der Waals surface area contributed by atoms with Crippen LogP contribution in [0.5, 0.6) is 0 Å². The Morgan fingerprint density at radius 2 is 0.664 bits per heavy atom. The van der Waals surface area contributed by atoms with Crippen LogP contribution in [0.2, 0.25) is 0 Å². The molecule has 14 rings (SSSR count). The quantitative estimate of drug-likeness (QED) is 0.00830. The number of aryl methyl sites for hydroxylation is 3. The molecule has 6 heterocycles. The van der Waals surface area contributed by atoms with Crippen LogP contribution < -0.4 is 37.2 Å². The number of carbonyl (C=O) groups is 21. The molecule has 5 aromatic heterocycles. The average Bonchev–Trinajstić information content (AvgIpc) is 1.78. The van der Waals surface area contributed by atoms with Gasteiger partial charge >= 0.3 is 0 Å². The summed E-state index contributed by atoms with van der Waals surface area (Å²) in [5, 5.41) is 28.5. The molecule has 149 heavy (non-hydrogen) atoms. The lowest BCUT2D eigenvalue weighted by molar-refractivity contribution is -0.137. The number of guanidine groups is 1. The average molecular weight is 2060 g/mol. The topological polar surface area (TPSA) is 570 Å². The Balaban J connectivity index is 0.000000212. The summed E-state index contributed by atoms with van der Waals surface area (Å²) in [5.41, 5.74) is 4.79. The van der Waals surface area contributed by atoms with E-state index in [1.54, 1.807) is 68.1 Å². The molecule has 1 aliphatic rings. The molecule has 7 amide bonds. The summed E-state index contributed by atoms with van der Waals surface area (Å²) < 4.78 is 93.8. The minimum absolute atomic E-state index is 0.0578. The van der Waals surface area contributed by atoms with E-state index < -0.39 is 208 Å². The molecule has 0 fully saturated rings. The van der Waals surface area contributed by atoms with E-state index in [1.807, 2.05) is 30.3 Å². The summed E-state index contributed by atoms with van der Waals surface area (Å²) in [4.78, 5) is 268. The first-order chi connectivity index (χ1) is 71.1. The molecule has 1 aliphatic heterocycles. The van der Waals surface area contributed by atoms with Crippen LogP contribution in [-0.2, 0) is 80.2 Å². The zero-order valence-electron chi connectivity index (χ0n) is 78.1. The van der Waals surface area contributed by atoms with Crippen molar-refractivity contribution in [3.05, 3.63) is 381 Å². The van der Waals surface area contributed by atoms with E-state index in [4.69, 9.17) is 0 Å². The Morgan fingerprint density at radius 1 is 0.329 bits per heavy atom. The van der Waals surface area contributed by atoms with Crippen molar-refractivity contribution in [1.29, 1.82) is 0 Å². The van der Waals surface area contributed by atoms with Crippen LogP contribution in [0.15, 0.2) is 293 Å². The van der Waals surface area contributed by atoms with Crippen LogP contribution in [0.25, 0.3) is 0 Å². The molecule has 0 bridgehead atoms. The van der Waals surface area contributed by atoms with Crippen molar-refractivity contribution in [2.45, 2.75) is 78.8 Å². The number of ketones is 14. The van der Waals surface area contributed by atoms with Crippen LogP contribution in [0.1, 0.15) is 146 Å². The van der Waals surface area contributed by atoms with Gasteiger partial charge in [0.05, 0.1) is 56.8 Å². The number of aliphatic imine (C=N–C) groups is 1. The molecule has 0 saturated heterocycles. The second kappa shape index (κ2) is 58.7. The van der Waals surface area contributed by atoms with Crippen LogP contribution in [0.3, 0.4) is 0 Å². The maximum Gasteiger partial charge on any atom is 0.294 e. The fourth-order valence-electron chi connectivity index (χ4n) is 11.5. The lowest BCUT2D eigenvalue weighted by Gasteiger charge is -2.06. The molecule has 0 saturated carbocycles. The summed E-state index contributed by atoms with van der Waals surface area (Å²) in [6.07, 6.45) is 5.07. The third kappa shape index (κ3) is 40.8. The predicted molar refractivity (Wildman–Crippen MR) is 516 cm³/mol. The van der Waals surface area contributed by atoms with Gasteiger partial charge in [-0.2, -0.15) is 10.1 Å². The van der Waals surface area contributed by atoms with Crippen molar-refractivity contribution < 1.29 is 136 Å². The van der Waals surface area contributed by atoms with Gasteiger partial charge in [-0.05, 0) is 235 Å². The Morgan fingerprint density at radius 3 is 0.987 bits per heavy atom. The van der Waals surface area contributed by atoms with Crippen LogP contribution >= 0.6 is 11.3 Å². The molecular formula is C103H81F7N16O22S. The first kappa shape index (κ1) is 115. The van der Waals surface area contributed by atoms with Crippen LogP contribution in [0, 0.1) is 61.5 Å². The lowest BCUT2D eigenvalue weighted by Crippen LogP contribution is -2.35. The minimum Gasteiger partial charge on any atom is -0.345 e. The van der Waals surface area contributed by atoms with Gasteiger partial charge in [0.25, 0.3) is 47.3 Å². The van der Waals surface area contributed by atoms with E-state index in [2.05, 4.69) is 87.0 Å². The highest BCUT2D eigenvalue weighted by Gasteiger charge is 2.28. The summed E-state index contributed by atoms with van der Waals surface area (Å²) in [7, 11) is 0. The largest absolute Gasteiger partial charge is 0.345 e. The molecule has 0 radical (unpaired) electrons. The maximum atomic E-state index is 12.8. The number of aromatic nitrogens is 6. The number of anilines is 4. The Hall–Kier alpha value is -19.6. The maximum absolute atomic E-state index is 12.8. The van der Waals surface area contributed by atoms with E-state index in [-0.39, 0.29) is 87.5 Å². The number of hydrogen-bond acceptors (Lipinski definition) is 32. The number of carbonyl (C=O) groups excluding carboxylic acids is 21. The van der Waals surface area contributed by atoms with Gasteiger partial charge in [0, 0.05) is 95.3 Å². The van der Waals surface area contributed by atoms with E-state index >= 15 is 0 Å². The number of amides is 7. The number of pyridine rings is 3. The molecular weight excluding hydrogens is 1980 g/mol. The number of nitrogens with zero attached hydrogens (tertiary/aromatic N) is 9. The van der Waals surface area contributed by atoms with Gasteiger partial charge in [-0.15, -0.1) is 16.5 Å². The predicted octanol–water partition coefficient (Wildman–Crippen LogP) is 12.8. The fourth-order valence-corrected chi connectivity index (χ4v) is 12.0.